The van der Waals surface area contributed by atoms with E-state index in [0.717, 1.165) is 16.3 Å². The van der Waals surface area contributed by atoms with E-state index in [0.29, 0.717) is 11.3 Å². The zero-order valence-electron chi connectivity index (χ0n) is 13.9. The van der Waals surface area contributed by atoms with E-state index in [2.05, 4.69) is 0 Å². The topological polar surface area (TPSA) is 52.6 Å². The molecule has 3 rings (SSSR count). The van der Waals surface area contributed by atoms with Crippen LogP contribution in [0, 0.1) is 0 Å². The van der Waals surface area contributed by atoms with E-state index in [4.69, 9.17) is 9.47 Å². The van der Waals surface area contributed by atoms with Crippen LogP contribution < -0.4 is 4.74 Å². The molecule has 0 unspecified atom stereocenters. The number of ketones is 1. The van der Waals surface area contributed by atoms with Gasteiger partial charge in [0, 0.05) is 5.56 Å². The van der Waals surface area contributed by atoms with E-state index >= 15 is 0 Å². The van der Waals surface area contributed by atoms with Crippen LogP contribution in [0.1, 0.15) is 22.8 Å². The van der Waals surface area contributed by atoms with E-state index < -0.39 is 5.97 Å². The van der Waals surface area contributed by atoms with Crippen LogP contribution in [0.25, 0.3) is 10.8 Å². The maximum atomic E-state index is 11.9. The number of benzene rings is 3. The fraction of sp³-hybridized carbons (Fsp3) is 0.143. The molecular formula is C21H18O4. The maximum absolute atomic E-state index is 11.9. The lowest BCUT2D eigenvalue weighted by molar-refractivity contribution is -0.147. The van der Waals surface area contributed by atoms with Gasteiger partial charge >= 0.3 is 5.97 Å². The van der Waals surface area contributed by atoms with Gasteiger partial charge in [-0.3, -0.25) is 4.79 Å². The van der Waals surface area contributed by atoms with Gasteiger partial charge in [-0.1, -0.05) is 54.6 Å². The number of Topliss-reactive ketones (excluding diaryl/α,β-unsaturated/α-hetero) is 1. The fourth-order valence-electron chi connectivity index (χ4n) is 2.57. The Bertz CT molecular complexity index is 909. The maximum Gasteiger partial charge on any atom is 0.344 e. The number of hydrogen-bond acceptors (Lipinski definition) is 4. The van der Waals surface area contributed by atoms with Crippen LogP contribution >= 0.6 is 0 Å². The van der Waals surface area contributed by atoms with Crippen LogP contribution in [0.2, 0.25) is 0 Å². The van der Waals surface area contributed by atoms with Crippen molar-refractivity contribution in [2.24, 2.45) is 0 Å². The molecule has 4 heteroatoms. The van der Waals surface area contributed by atoms with Gasteiger partial charge in [0.2, 0.25) is 0 Å². The first-order chi connectivity index (χ1) is 12.1. The summed E-state index contributed by atoms with van der Waals surface area (Å²) in [6, 6.07) is 20.6. The zero-order chi connectivity index (χ0) is 17.6. The van der Waals surface area contributed by atoms with Crippen LogP contribution in [0.5, 0.6) is 5.75 Å². The van der Waals surface area contributed by atoms with Gasteiger partial charge in [-0.2, -0.15) is 0 Å². The number of esters is 1. The molecule has 0 saturated carbocycles. The minimum absolute atomic E-state index is 0.0519. The molecule has 0 aliphatic heterocycles. The van der Waals surface area contributed by atoms with Gasteiger partial charge in [0.25, 0.3) is 0 Å². The lowest BCUT2D eigenvalue weighted by Crippen LogP contribution is -2.15. The summed E-state index contributed by atoms with van der Waals surface area (Å²) in [5.41, 5.74) is 1.49. The molecule has 0 spiro atoms. The molecular weight excluding hydrogens is 316 g/mol. The van der Waals surface area contributed by atoms with Crippen molar-refractivity contribution in [2.45, 2.75) is 13.5 Å². The van der Waals surface area contributed by atoms with Gasteiger partial charge in [-0.05, 0) is 35.4 Å². The Morgan fingerprint density at radius 3 is 2.52 bits per heavy atom. The van der Waals surface area contributed by atoms with Crippen molar-refractivity contribution < 1.29 is 19.1 Å². The lowest BCUT2D eigenvalue weighted by atomic mass is 10.1. The Morgan fingerprint density at radius 2 is 1.68 bits per heavy atom. The highest BCUT2D eigenvalue weighted by molar-refractivity contribution is 5.94. The Morgan fingerprint density at radius 1 is 0.920 bits per heavy atom. The lowest BCUT2D eigenvalue weighted by Gasteiger charge is -2.09. The van der Waals surface area contributed by atoms with Gasteiger partial charge in [0.05, 0.1) is 0 Å². The smallest absolute Gasteiger partial charge is 0.344 e. The Balaban J connectivity index is 1.58. The Hall–Kier alpha value is -3.14. The molecule has 0 N–H and O–H groups in total. The van der Waals surface area contributed by atoms with Crippen molar-refractivity contribution in [3.8, 4) is 5.75 Å². The molecule has 0 fully saturated rings. The van der Waals surface area contributed by atoms with E-state index in [1.807, 2.05) is 42.5 Å². The van der Waals surface area contributed by atoms with Crippen molar-refractivity contribution in [3.05, 3.63) is 77.9 Å². The van der Waals surface area contributed by atoms with Crippen molar-refractivity contribution >= 4 is 22.5 Å². The molecule has 0 aliphatic rings. The van der Waals surface area contributed by atoms with Crippen molar-refractivity contribution in [1.82, 2.24) is 0 Å². The largest absolute Gasteiger partial charge is 0.482 e. The van der Waals surface area contributed by atoms with Crippen LogP contribution in [0.4, 0.5) is 0 Å². The summed E-state index contributed by atoms with van der Waals surface area (Å²) in [5.74, 6) is -0.0417. The summed E-state index contributed by atoms with van der Waals surface area (Å²) >= 11 is 0. The molecule has 3 aromatic carbocycles. The van der Waals surface area contributed by atoms with E-state index in [1.54, 1.807) is 24.3 Å². The third-order valence-electron chi connectivity index (χ3n) is 3.87. The van der Waals surface area contributed by atoms with Gasteiger partial charge < -0.3 is 9.47 Å². The van der Waals surface area contributed by atoms with E-state index in [9.17, 15) is 9.59 Å². The predicted molar refractivity (Wildman–Crippen MR) is 95.7 cm³/mol. The van der Waals surface area contributed by atoms with Gasteiger partial charge in [-0.25, -0.2) is 4.79 Å². The summed E-state index contributed by atoms with van der Waals surface area (Å²) in [5, 5.41) is 2.17. The molecule has 0 aliphatic carbocycles. The average molecular weight is 334 g/mol. The average Bonchev–Trinajstić information content (AvgIpc) is 2.65. The first-order valence-corrected chi connectivity index (χ1v) is 7.99. The molecule has 0 amide bonds. The number of rotatable bonds is 6. The second-order valence-corrected chi connectivity index (χ2v) is 5.67. The second kappa shape index (κ2) is 7.62. The second-order valence-electron chi connectivity index (χ2n) is 5.67. The van der Waals surface area contributed by atoms with Gasteiger partial charge in [0.15, 0.2) is 12.4 Å². The Labute approximate surface area is 146 Å². The van der Waals surface area contributed by atoms with Crippen LogP contribution in [-0.4, -0.2) is 18.4 Å². The molecule has 0 bridgehead atoms. The van der Waals surface area contributed by atoms with Crippen molar-refractivity contribution in [2.75, 3.05) is 6.61 Å². The van der Waals surface area contributed by atoms with E-state index in [-0.39, 0.29) is 19.0 Å². The Kier molecular flexibility index (Phi) is 5.09. The number of carbonyl (C=O) groups excluding carboxylic acids is 2. The molecule has 0 heterocycles. The number of ether oxygens (including phenoxy) is 2. The molecule has 0 aromatic heterocycles. The number of fused-ring (bicyclic) bond motifs is 1. The van der Waals surface area contributed by atoms with Crippen molar-refractivity contribution in [1.29, 1.82) is 0 Å². The first-order valence-electron chi connectivity index (χ1n) is 7.99. The van der Waals surface area contributed by atoms with Crippen LogP contribution in [0.15, 0.2) is 66.7 Å². The highest BCUT2D eigenvalue weighted by atomic mass is 16.6. The fourth-order valence-corrected chi connectivity index (χ4v) is 2.57. The monoisotopic (exact) mass is 334 g/mol. The third kappa shape index (κ3) is 4.23. The van der Waals surface area contributed by atoms with Gasteiger partial charge in [-0.15, -0.1) is 0 Å². The van der Waals surface area contributed by atoms with E-state index in [1.165, 1.54) is 6.92 Å². The molecule has 4 nitrogen and oxygen atoms in total. The summed E-state index contributed by atoms with van der Waals surface area (Å²) in [4.78, 5) is 23.3. The first kappa shape index (κ1) is 16.7. The normalized spacial score (nSPS) is 10.4. The van der Waals surface area contributed by atoms with Crippen LogP contribution in [0.3, 0.4) is 0 Å². The number of carbonyl (C=O) groups is 2. The highest BCUT2D eigenvalue weighted by Crippen LogP contribution is 2.19. The summed E-state index contributed by atoms with van der Waals surface area (Å²) in [6.07, 6.45) is 0. The zero-order valence-corrected chi connectivity index (χ0v) is 13.9. The summed E-state index contributed by atoms with van der Waals surface area (Å²) in [7, 11) is 0. The molecule has 3 aromatic rings. The third-order valence-corrected chi connectivity index (χ3v) is 3.87. The highest BCUT2D eigenvalue weighted by Gasteiger charge is 2.08. The van der Waals surface area contributed by atoms with Crippen molar-refractivity contribution in [3.63, 3.8) is 0 Å². The summed E-state index contributed by atoms with van der Waals surface area (Å²) < 4.78 is 10.7. The minimum atomic E-state index is -0.457. The quantitative estimate of drug-likeness (QED) is 0.502. The number of hydrogen-bond donors (Lipinski definition) is 0. The molecule has 126 valence electrons. The molecule has 0 saturated heterocycles. The molecule has 25 heavy (non-hydrogen) atoms. The minimum Gasteiger partial charge on any atom is -0.482 e. The summed E-state index contributed by atoms with van der Waals surface area (Å²) in [6.45, 7) is 1.47. The van der Waals surface area contributed by atoms with Crippen LogP contribution in [-0.2, 0) is 16.1 Å². The molecule has 0 atom stereocenters. The van der Waals surface area contributed by atoms with Gasteiger partial charge in [0.1, 0.15) is 12.4 Å². The molecule has 0 radical (unpaired) electrons. The predicted octanol–water partition coefficient (Wildman–Crippen LogP) is 4.16. The SMILES string of the molecule is CC(=O)c1cccc(OCC(=O)OCc2cccc3ccccc23)c1. The standard InChI is InChI=1S/C21H18O4/c1-15(22)17-8-5-10-19(12-17)24-14-21(23)25-13-18-9-4-7-16-6-2-3-11-20(16)18/h2-12H,13-14H2,1H3.